The van der Waals surface area contributed by atoms with Crippen LogP contribution >= 0.6 is 0 Å². The number of ether oxygens (including phenoxy) is 1. The lowest BCUT2D eigenvalue weighted by molar-refractivity contribution is -0.140. The van der Waals surface area contributed by atoms with Gasteiger partial charge in [0.25, 0.3) is 11.8 Å². The van der Waals surface area contributed by atoms with E-state index in [1.807, 2.05) is 6.07 Å². The quantitative estimate of drug-likeness (QED) is 0.606. The Morgan fingerprint density at radius 3 is 2.48 bits per heavy atom. The van der Waals surface area contributed by atoms with Gasteiger partial charge in [0.15, 0.2) is 0 Å². The molecule has 29 heavy (non-hydrogen) atoms. The van der Waals surface area contributed by atoms with Crippen molar-refractivity contribution in [3.05, 3.63) is 35.9 Å². The van der Waals surface area contributed by atoms with Crippen molar-refractivity contribution < 1.29 is 23.9 Å². The Kier molecular flexibility index (Phi) is 6.14. The van der Waals surface area contributed by atoms with E-state index in [9.17, 15) is 19.2 Å². The minimum Gasteiger partial charge on any atom is -0.378 e. The first-order valence-corrected chi connectivity index (χ1v) is 9.37. The number of rotatable bonds is 6. The fraction of sp³-hybridized carbons (Fsp3) is 0.474. The third-order valence-electron chi connectivity index (χ3n) is 4.96. The molecule has 1 aromatic rings. The molecule has 1 aromatic carbocycles. The van der Waals surface area contributed by atoms with Crippen LogP contribution in [0.2, 0.25) is 0 Å². The standard InChI is InChI=1S/C19H25N5O5/c1-19(14-6-4-3-5-7-14)17(27)24(18(28)20-19)21-15(25)12-22(2)13-16(26)23-8-10-29-11-9-23/h3-7H,8-13H2,1-2H3,(H,20,28)(H,21,25)/t19-/m0/s1. The van der Waals surface area contributed by atoms with E-state index in [-0.39, 0.29) is 19.0 Å². The molecule has 0 unspecified atom stereocenters. The highest BCUT2D eigenvalue weighted by Gasteiger charge is 2.49. The van der Waals surface area contributed by atoms with E-state index in [1.165, 1.54) is 4.90 Å². The first-order valence-electron chi connectivity index (χ1n) is 9.37. The predicted molar refractivity (Wildman–Crippen MR) is 102 cm³/mol. The number of urea groups is 1. The minimum absolute atomic E-state index is 0.0509. The molecule has 2 fully saturated rings. The second kappa shape index (κ2) is 8.58. The minimum atomic E-state index is -1.26. The van der Waals surface area contributed by atoms with Crippen LogP contribution < -0.4 is 10.7 Å². The van der Waals surface area contributed by atoms with Gasteiger partial charge in [0.2, 0.25) is 5.91 Å². The van der Waals surface area contributed by atoms with Crippen LogP contribution in [0.1, 0.15) is 12.5 Å². The molecule has 1 atom stereocenters. The van der Waals surface area contributed by atoms with E-state index in [2.05, 4.69) is 10.7 Å². The average molecular weight is 403 g/mol. The van der Waals surface area contributed by atoms with Crippen LogP contribution in [-0.2, 0) is 24.7 Å². The molecular formula is C19H25N5O5. The molecule has 2 aliphatic heterocycles. The number of morpholine rings is 1. The molecule has 0 saturated carbocycles. The fourth-order valence-electron chi connectivity index (χ4n) is 3.31. The van der Waals surface area contributed by atoms with Crippen LogP contribution in [0.3, 0.4) is 0 Å². The number of carbonyl (C=O) groups excluding carboxylic acids is 4. The fourth-order valence-corrected chi connectivity index (χ4v) is 3.31. The Morgan fingerprint density at radius 1 is 1.17 bits per heavy atom. The lowest BCUT2D eigenvalue weighted by atomic mass is 9.92. The number of nitrogens with zero attached hydrogens (tertiary/aromatic N) is 3. The summed E-state index contributed by atoms with van der Waals surface area (Å²) >= 11 is 0. The van der Waals surface area contributed by atoms with Gasteiger partial charge in [-0.15, -0.1) is 0 Å². The van der Waals surface area contributed by atoms with Gasteiger partial charge in [0.1, 0.15) is 5.54 Å². The molecule has 10 nitrogen and oxygen atoms in total. The summed E-state index contributed by atoms with van der Waals surface area (Å²) in [5.41, 5.74) is 1.69. The highest BCUT2D eigenvalue weighted by molar-refractivity contribution is 6.08. The molecule has 5 amide bonds. The van der Waals surface area contributed by atoms with Gasteiger partial charge in [-0.1, -0.05) is 30.3 Å². The van der Waals surface area contributed by atoms with Crippen LogP contribution in [0, 0.1) is 0 Å². The second-order valence-corrected chi connectivity index (χ2v) is 7.26. The molecule has 2 aliphatic rings. The second-order valence-electron chi connectivity index (χ2n) is 7.26. The molecule has 0 spiro atoms. The van der Waals surface area contributed by atoms with Gasteiger partial charge in [-0.25, -0.2) is 4.79 Å². The van der Waals surface area contributed by atoms with Gasteiger partial charge in [0, 0.05) is 13.1 Å². The van der Waals surface area contributed by atoms with Gasteiger partial charge in [-0.05, 0) is 19.5 Å². The first-order chi connectivity index (χ1) is 13.8. The first kappa shape index (κ1) is 20.7. The van der Waals surface area contributed by atoms with Crippen LogP contribution in [0.15, 0.2) is 30.3 Å². The van der Waals surface area contributed by atoms with Gasteiger partial charge in [-0.2, -0.15) is 5.01 Å². The Morgan fingerprint density at radius 2 is 1.83 bits per heavy atom. The molecule has 10 heteroatoms. The largest absolute Gasteiger partial charge is 0.378 e. The zero-order valence-corrected chi connectivity index (χ0v) is 16.5. The van der Waals surface area contributed by atoms with Crippen molar-refractivity contribution in [2.75, 3.05) is 46.4 Å². The van der Waals surface area contributed by atoms with Crippen molar-refractivity contribution in [3.8, 4) is 0 Å². The van der Waals surface area contributed by atoms with E-state index >= 15 is 0 Å². The van der Waals surface area contributed by atoms with Crippen molar-refractivity contribution in [1.29, 1.82) is 0 Å². The number of carbonyl (C=O) groups is 4. The topological polar surface area (TPSA) is 111 Å². The van der Waals surface area contributed by atoms with Gasteiger partial charge in [0.05, 0.1) is 26.3 Å². The lowest BCUT2D eigenvalue weighted by Crippen LogP contribution is -2.51. The Bertz CT molecular complexity index is 795. The monoisotopic (exact) mass is 403 g/mol. The van der Waals surface area contributed by atoms with E-state index in [0.29, 0.717) is 36.9 Å². The van der Waals surface area contributed by atoms with Crippen LogP contribution in [-0.4, -0.2) is 85.0 Å². The zero-order chi connectivity index (χ0) is 21.0. The summed E-state index contributed by atoms with van der Waals surface area (Å²) in [6.45, 7) is 3.55. The molecule has 0 aliphatic carbocycles. The van der Waals surface area contributed by atoms with Crippen molar-refractivity contribution in [2.45, 2.75) is 12.5 Å². The average Bonchev–Trinajstić information content (AvgIpc) is 2.93. The molecular weight excluding hydrogens is 378 g/mol. The van der Waals surface area contributed by atoms with E-state index in [4.69, 9.17) is 4.74 Å². The molecule has 0 bridgehead atoms. The SMILES string of the molecule is CN(CC(=O)NN1C(=O)N[C@@](C)(c2ccccc2)C1=O)CC(=O)N1CCOCC1. The summed E-state index contributed by atoms with van der Waals surface area (Å²) in [4.78, 5) is 52.9. The molecule has 2 saturated heterocycles. The zero-order valence-electron chi connectivity index (χ0n) is 16.5. The highest BCUT2D eigenvalue weighted by atomic mass is 16.5. The number of nitrogens with one attached hydrogen (secondary N) is 2. The van der Waals surface area contributed by atoms with Gasteiger partial charge >= 0.3 is 6.03 Å². The molecule has 156 valence electrons. The number of hydrogen-bond acceptors (Lipinski definition) is 6. The summed E-state index contributed by atoms with van der Waals surface area (Å²) in [6.07, 6.45) is 0. The van der Waals surface area contributed by atoms with E-state index < -0.39 is 23.4 Å². The van der Waals surface area contributed by atoms with E-state index in [1.54, 1.807) is 43.1 Å². The predicted octanol–water partition coefficient (Wildman–Crippen LogP) is -0.725. The van der Waals surface area contributed by atoms with E-state index in [0.717, 1.165) is 0 Å². The van der Waals surface area contributed by atoms with Crippen LogP contribution in [0.4, 0.5) is 4.79 Å². The smallest absolute Gasteiger partial charge is 0.344 e. The number of likely N-dealkylation sites (N-methyl/N-ethyl adjacent to an activating group) is 1. The number of benzene rings is 1. The number of hydrogen-bond donors (Lipinski definition) is 2. The molecule has 2 N–H and O–H groups in total. The number of hydrazine groups is 1. The molecule has 0 aromatic heterocycles. The van der Waals surface area contributed by atoms with Gasteiger partial charge in [-0.3, -0.25) is 24.7 Å². The molecule has 0 radical (unpaired) electrons. The van der Waals surface area contributed by atoms with Crippen LogP contribution in [0.25, 0.3) is 0 Å². The lowest BCUT2D eigenvalue weighted by Gasteiger charge is -2.28. The maximum Gasteiger partial charge on any atom is 0.344 e. The summed E-state index contributed by atoms with van der Waals surface area (Å²) in [5.74, 6) is -1.24. The maximum absolute atomic E-state index is 12.8. The third kappa shape index (κ3) is 4.54. The Labute approximate surface area is 168 Å². The number of imide groups is 1. The molecule has 2 heterocycles. The normalized spacial score (nSPS) is 22.0. The van der Waals surface area contributed by atoms with Crippen molar-refractivity contribution in [1.82, 2.24) is 25.6 Å². The molecule has 3 rings (SSSR count). The third-order valence-corrected chi connectivity index (χ3v) is 4.96. The van der Waals surface area contributed by atoms with Crippen molar-refractivity contribution in [3.63, 3.8) is 0 Å². The Hall–Kier alpha value is -2.98. The maximum atomic E-state index is 12.8. The van der Waals surface area contributed by atoms with Crippen LogP contribution in [0.5, 0.6) is 0 Å². The van der Waals surface area contributed by atoms with Crippen molar-refractivity contribution >= 4 is 23.8 Å². The Balaban J connectivity index is 1.55. The summed E-state index contributed by atoms with van der Waals surface area (Å²) in [6, 6.07) is 8.09. The number of amides is 5. The summed E-state index contributed by atoms with van der Waals surface area (Å²) in [7, 11) is 1.62. The van der Waals surface area contributed by atoms with Gasteiger partial charge < -0.3 is 15.0 Å². The summed E-state index contributed by atoms with van der Waals surface area (Å²) < 4.78 is 5.22. The summed E-state index contributed by atoms with van der Waals surface area (Å²) in [5, 5.41) is 3.30. The highest BCUT2D eigenvalue weighted by Crippen LogP contribution is 2.27. The van der Waals surface area contributed by atoms with Crippen molar-refractivity contribution in [2.24, 2.45) is 0 Å².